The van der Waals surface area contributed by atoms with Crippen molar-refractivity contribution >= 4 is 16.9 Å². The highest BCUT2D eigenvalue weighted by Crippen LogP contribution is 2.19. The zero-order valence-corrected chi connectivity index (χ0v) is 14.2. The molecular weight excluding hydrogens is 324 g/mol. The van der Waals surface area contributed by atoms with E-state index in [9.17, 15) is 4.79 Å². The first-order valence-corrected chi connectivity index (χ1v) is 8.51. The first-order chi connectivity index (χ1) is 12.8. The average Bonchev–Trinajstić information content (AvgIpc) is 3.12. The Bertz CT molecular complexity index is 1030. The number of carbonyl (C=O) groups excluding carboxylic acids is 1. The van der Waals surface area contributed by atoms with Crippen LogP contribution in [0.3, 0.4) is 0 Å². The van der Waals surface area contributed by atoms with Gasteiger partial charge in [-0.05, 0) is 54.4 Å². The lowest BCUT2D eigenvalue weighted by Crippen LogP contribution is -2.25. The van der Waals surface area contributed by atoms with Gasteiger partial charge in [-0.1, -0.05) is 18.2 Å². The molecule has 0 fully saturated rings. The smallest absolute Gasteiger partial charge is 0.251 e. The van der Waals surface area contributed by atoms with Gasteiger partial charge in [-0.2, -0.15) is 0 Å². The Labute approximate surface area is 151 Å². The molecule has 1 amide bonds. The predicted octanol–water partition coefficient (Wildman–Crippen LogP) is 3.39. The normalized spacial score (nSPS) is 10.8. The van der Waals surface area contributed by atoms with Crippen molar-refractivity contribution in [3.63, 3.8) is 0 Å². The quantitative estimate of drug-likeness (QED) is 0.605. The number of hydrogen-bond acceptors (Lipinski definition) is 3. The van der Waals surface area contributed by atoms with E-state index in [0.717, 1.165) is 28.7 Å². The number of aromatic nitrogens is 3. The van der Waals surface area contributed by atoms with Crippen LogP contribution in [0.1, 0.15) is 15.9 Å². The highest BCUT2D eigenvalue weighted by atomic mass is 16.1. The summed E-state index contributed by atoms with van der Waals surface area (Å²) < 4.78 is 2.01. The molecule has 1 N–H and O–H groups in total. The van der Waals surface area contributed by atoms with Crippen LogP contribution in [0.25, 0.3) is 16.7 Å². The summed E-state index contributed by atoms with van der Waals surface area (Å²) in [7, 11) is 0. The van der Waals surface area contributed by atoms with Crippen LogP contribution in [0.5, 0.6) is 0 Å². The Balaban J connectivity index is 1.48. The van der Waals surface area contributed by atoms with Crippen LogP contribution in [-0.4, -0.2) is 27.0 Å². The summed E-state index contributed by atoms with van der Waals surface area (Å²) in [5.74, 6) is -0.0878. The fourth-order valence-corrected chi connectivity index (χ4v) is 2.92. The van der Waals surface area contributed by atoms with Gasteiger partial charge in [-0.25, -0.2) is 4.98 Å². The molecule has 5 heteroatoms. The number of para-hydroxylation sites is 1. The van der Waals surface area contributed by atoms with Gasteiger partial charge in [0, 0.05) is 30.2 Å². The van der Waals surface area contributed by atoms with Crippen molar-refractivity contribution in [2.24, 2.45) is 0 Å². The minimum absolute atomic E-state index is 0.0878. The fraction of sp³-hybridized carbons (Fsp3) is 0.0952. The summed E-state index contributed by atoms with van der Waals surface area (Å²) in [6.07, 6.45) is 6.08. The van der Waals surface area contributed by atoms with E-state index in [0.29, 0.717) is 12.1 Å². The van der Waals surface area contributed by atoms with Crippen LogP contribution < -0.4 is 5.32 Å². The number of nitrogens with zero attached hydrogens (tertiary/aromatic N) is 3. The summed E-state index contributed by atoms with van der Waals surface area (Å²) in [5, 5.41) is 2.96. The molecule has 0 aliphatic rings. The number of pyridine rings is 1. The van der Waals surface area contributed by atoms with E-state index >= 15 is 0 Å². The van der Waals surface area contributed by atoms with E-state index in [1.165, 1.54) is 0 Å². The highest BCUT2D eigenvalue weighted by molar-refractivity contribution is 5.97. The maximum Gasteiger partial charge on any atom is 0.251 e. The Morgan fingerprint density at radius 1 is 1.00 bits per heavy atom. The molecule has 2 aromatic carbocycles. The van der Waals surface area contributed by atoms with Crippen LogP contribution in [0, 0.1) is 0 Å². The molecule has 0 saturated carbocycles. The Kier molecular flexibility index (Phi) is 4.43. The lowest BCUT2D eigenvalue weighted by Gasteiger charge is -2.07. The number of amides is 1. The molecule has 0 aliphatic carbocycles. The third kappa shape index (κ3) is 3.32. The number of carbonyl (C=O) groups is 1. The van der Waals surface area contributed by atoms with E-state index in [2.05, 4.69) is 15.3 Å². The van der Waals surface area contributed by atoms with Crippen molar-refractivity contribution in [1.82, 2.24) is 19.9 Å². The summed E-state index contributed by atoms with van der Waals surface area (Å²) in [4.78, 5) is 20.8. The largest absolute Gasteiger partial charge is 0.352 e. The van der Waals surface area contributed by atoms with Gasteiger partial charge in [0.25, 0.3) is 5.91 Å². The number of imidazole rings is 1. The predicted molar refractivity (Wildman–Crippen MR) is 101 cm³/mol. The van der Waals surface area contributed by atoms with Crippen molar-refractivity contribution in [3.8, 4) is 5.69 Å². The Morgan fingerprint density at radius 3 is 2.62 bits per heavy atom. The van der Waals surface area contributed by atoms with Crippen molar-refractivity contribution < 1.29 is 4.79 Å². The van der Waals surface area contributed by atoms with Crippen molar-refractivity contribution in [2.45, 2.75) is 6.42 Å². The van der Waals surface area contributed by atoms with Crippen LogP contribution in [0.4, 0.5) is 0 Å². The minimum atomic E-state index is -0.0878. The molecule has 4 rings (SSSR count). The van der Waals surface area contributed by atoms with Crippen molar-refractivity contribution in [2.75, 3.05) is 6.54 Å². The van der Waals surface area contributed by atoms with Crippen LogP contribution in [0.2, 0.25) is 0 Å². The SMILES string of the molecule is O=C(NCCc1ccncc1)c1ccc2c(c1)ncn2-c1ccccc1. The molecule has 2 heterocycles. The van der Waals surface area contributed by atoms with Gasteiger partial charge < -0.3 is 5.32 Å². The second-order valence-corrected chi connectivity index (χ2v) is 6.01. The van der Waals surface area contributed by atoms with Gasteiger partial charge in [-0.15, -0.1) is 0 Å². The molecule has 128 valence electrons. The zero-order valence-electron chi connectivity index (χ0n) is 14.2. The Morgan fingerprint density at radius 2 is 1.81 bits per heavy atom. The number of fused-ring (bicyclic) bond motifs is 1. The minimum Gasteiger partial charge on any atom is -0.352 e. The summed E-state index contributed by atoms with van der Waals surface area (Å²) in [5.41, 5.74) is 4.59. The fourth-order valence-electron chi connectivity index (χ4n) is 2.92. The molecule has 0 aliphatic heterocycles. The van der Waals surface area contributed by atoms with Gasteiger partial charge >= 0.3 is 0 Å². The second-order valence-electron chi connectivity index (χ2n) is 6.01. The molecule has 4 aromatic rings. The lowest BCUT2D eigenvalue weighted by atomic mass is 10.1. The number of hydrogen-bond donors (Lipinski definition) is 1. The Hall–Kier alpha value is -3.47. The van der Waals surface area contributed by atoms with E-state index in [4.69, 9.17) is 0 Å². The monoisotopic (exact) mass is 342 g/mol. The molecule has 0 radical (unpaired) electrons. The second kappa shape index (κ2) is 7.19. The highest BCUT2D eigenvalue weighted by Gasteiger charge is 2.10. The van der Waals surface area contributed by atoms with Gasteiger partial charge in [-0.3, -0.25) is 14.3 Å². The summed E-state index contributed by atoms with van der Waals surface area (Å²) >= 11 is 0. The standard InChI is InChI=1S/C21H18N4O/c26-21(23-13-10-16-8-11-22-12-9-16)17-6-7-20-19(14-17)24-15-25(20)18-4-2-1-3-5-18/h1-9,11-12,14-15H,10,13H2,(H,23,26). The molecule has 0 atom stereocenters. The molecule has 0 saturated heterocycles. The maximum atomic E-state index is 12.4. The van der Waals surface area contributed by atoms with Gasteiger partial charge in [0.05, 0.1) is 11.0 Å². The molecule has 0 spiro atoms. The number of rotatable bonds is 5. The van der Waals surface area contributed by atoms with E-state index in [-0.39, 0.29) is 5.91 Å². The van der Waals surface area contributed by atoms with Crippen molar-refractivity contribution in [1.29, 1.82) is 0 Å². The molecule has 26 heavy (non-hydrogen) atoms. The first-order valence-electron chi connectivity index (χ1n) is 8.51. The zero-order chi connectivity index (χ0) is 17.8. The lowest BCUT2D eigenvalue weighted by molar-refractivity contribution is 0.0954. The molecule has 2 aromatic heterocycles. The van der Waals surface area contributed by atoms with Crippen LogP contribution >= 0.6 is 0 Å². The first kappa shape index (κ1) is 16.0. The molecule has 5 nitrogen and oxygen atoms in total. The third-order valence-electron chi connectivity index (χ3n) is 4.29. The van der Waals surface area contributed by atoms with Gasteiger partial charge in [0.1, 0.15) is 6.33 Å². The number of benzene rings is 2. The summed E-state index contributed by atoms with van der Waals surface area (Å²) in [6, 6.07) is 19.5. The van der Waals surface area contributed by atoms with E-state index in [1.807, 2.05) is 65.2 Å². The molecule has 0 unspecified atom stereocenters. The van der Waals surface area contributed by atoms with Gasteiger partial charge in [0.2, 0.25) is 0 Å². The van der Waals surface area contributed by atoms with E-state index < -0.39 is 0 Å². The van der Waals surface area contributed by atoms with E-state index in [1.54, 1.807) is 18.7 Å². The third-order valence-corrected chi connectivity index (χ3v) is 4.29. The van der Waals surface area contributed by atoms with Gasteiger partial charge in [0.15, 0.2) is 0 Å². The molecule has 0 bridgehead atoms. The van der Waals surface area contributed by atoms with Crippen molar-refractivity contribution in [3.05, 3.63) is 90.5 Å². The van der Waals surface area contributed by atoms with Crippen LogP contribution in [-0.2, 0) is 6.42 Å². The topological polar surface area (TPSA) is 59.8 Å². The molecular formula is C21H18N4O. The summed E-state index contributed by atoms with van der Waals surface area (Å²) in [6.45, 7) is 0.583. The maximum absolute atomic E-state index is 12.4. The number of nitrogens with one attached hydrogen (secondary N) is 1. The van der Waals surface area contributed by atoms with Crippen LogP contribution in [0.15, 0.2) is 79.4 Å². The average molecular weight is 342 g/mol.